The van der Waals surface area contributed by atoms with E-state index < -0.39 is 0 Å². The molecule has 0 aliphatic heterocycles. The highest BCUT2D eigenvalue weighted by Gasteiger charge is 2.16. The maximum absolute atomic E-state index is 11.8. The van der Waals surface area contributed by atoms with Crippen molar-refractivity contribution in [3.8, 4) is 0 Å². The van der Waals surface area contributed by atoms with E-state index in [2.05, 4.69) is 15.5 Å². The van der Waals surface area contributed by atoms with Crippen LogP contribution in [0.2, 0.25) is 0 Å². The van der Waals surface area contributed by atoms with Gasteiger partial charge in [0.1, 0.15) is 10.8 Å². The summed E-state index contributed by atoms with van der Waals surface area (Å²) < 4.78 is 4.88. The van der Waals surface area contributed by atoms with Gasteiger partial charge in [-0.25, -0.2) is 4.98 Å². The topological polar surface area (TPSA) is 94.0 Å². The van der Waals surface area contributed by atoms with Gasteiger partial charge in [0, 0.05) is 11.4 Å². The van der Waals surface area contributed by atoms with Gasteiger partial charge in [-0.2, -0.15) is 0 Å². The van der Waals surface area contributed by atoms with Crippen LogP contribution in [0.4, 0.5) is 5.82 Å². The normalized spacial score (nSPS) is 12.7. The van der Waals surface area contributed by atoms with Crippen molar-refractivity contribution in [3.63, 3.8) is 0 Å². The van der Waals surface area contributed by atoms with Crippen LogP contribution in [-0.4, -0.2) is 16.0 Å². The number of carbonyl (C=O) groups is 1. The molecule has 3 N–H and O–H groups in total. The van der Waals surface area contributed by atoms with Crippen LogP contribution in [-0.2, 0) is 11.2 Å². The Kier molecular flexibility index (Phi) is 4.51. The van der Waals surface area contributed by atoms with Crippen molar-refractivity contribution in [3.05, 3.63) is 27.9 Å². The number of anilines is 1. The molecule has 2 heterocycles. The molecule has 0 fully saturated rings. The van der Waals surface area contributed by atoms with Gasteiger partial charge in [0.25, 0.3) is 0 Å². The molecule has 6 nitrogen and oxygen atoms in total. The summed E-state index contributed by atoms with van der Waals surface area (Å²) in [6.45, 7) is 5.86. The minimum Gasteiger partial charge on any atom is -0.360 e. The Balaban J connectivity index is 1.95. The molecule has 1 unspecified atom stereocenters. The van der Waals surface area contributed by atoms with E-state index in [4.69, 9.17) is 10.3 Å². The van der Waals surface area contributed by atoms with E-state index in [0.29, 0.717) is 17.5 Å². The standard InChI is InChI=1S/C13H18N4O2S/c1-7(2)12(14)13-15-9(6-20-13)5-11(18)16-10-4-8(3)19-17-10/h4,6-7,12H,5,14H2,1-3H3,(H,16,17,18). The van der Waals surface area contributed by atoms with Gasteiger partial charge in [0.2, 0.25) is 5.91 Å². The van der Waals surface area contributed by atoms with E-state index in [1.807, 2.05) is 19.2 Å². The quantitative estimate of drug-likeness (QED) is 0.882. The number of carbonyl (C=O) groups excluding carboxylic acids is 1. The van der Waals surface area contributed by atoms with Crippen molar-refractivity contribution >= 4 is 23.1 Å². The Bertz CT molecular complexity index is 591. The van der Waals surface area contributed by atoms with Gasteiger partial charge in [-0.3, -0.25) is 4.79 Å². The Morgan fingerprint density at radius 3 is 2.90 bits per heavy atom. The number of nitrogens with one attached hydrogen (secondary N) is 1. The van der Waals surface area contributed by atoms with Crippen molar-refractivity contribution in [1.82, 2.24) is 10.1 Å². The first-order valence-electron chi connectivity index (χ1n) is 6.38. The molecule has 0 aliphatic rings. The van der Waals surface area contributed by atoms with Crippen LogP contribution >= 0.6 is 11.3 Å². The van der Waals surface area contributed by atoms with E-state index in [0.717, 1.165) is 10.7 Å². The van der Waals surface area contributed by atoms with E-state index >= 15 is 0 Å². The molecule has 0 saturated carbocycles. The lowest BCUT2D eigenvalue weighted by Gasteiger charge is -2.11. The van der Waals surface area contributed by atoms with Crippen LogP contribution in [0.5, 0.6) is 0 Å². The highest BCUT2D eigenvalue weighted by molar-refractivity contribution is 7.09. The highest BCUT2D eigenvalue weighted by Crippen LogP contribution is 2.22. The van der Waals surface area contributed by atoms with Crippen molar-refractivity contribution < 1.29 is 9.32 Å². The molecule has 2 rings (SSSR count). The summed E-state index contributed by atoms with van der Waals surface area (Å²) in [6, 6.07) is 1.58. The highest BCUT2D eigenvalue weighted by atomic mass is 32.1. The number of aromatic nitrogens is 2. The Morgan fingerprint density at radius 1 is 1.55 bits per heavy atom. The zero-order valence-corrected chi connectivity index (χ0v) is 12.5. The van der Waals surface area contributed by atoms with Crippen LogP contribution in [0, 0.1) is 12.8 Å². The molecule has 7 heteroatoms. The lowest BCUT2D eigenvalue weighted by molar-refractivity contribution is -0.115. The number of hydrogen-bond donors (Lipinski definition) is 2. The second-order valence-electron chi connectivity index (χ2n) is 4.99. The molecule has 0 saturated heterocycles. The van der Waals surface area contributed by atoms with Gasteiger partial charge < -0.3 is 15.6 Å². The minimum absolute atomic E-state index is 0.0880. The summed E-state index contributed by atoms with van der Waals surface area (Å²) in [4.78, 5) is 16.3. The van der Waals surface area contributed by atoms with Crippen LogP contribution < -0.4 is 11.1 Å². The molecule has 0 aliphatic carbocycles. The fraction of sp³-hybridized carbons (Fsp3) is 0.462. The van der Waals surface area contributed by atoms with E-state index in [-0.39, 0.29) is 18.4 Å². The third-order valence-electron chi connectivity index (χ3n) is 2.81. The molecular formula is C13H18N4O2S. The fourth-order valence-corrected chi connectivity index (χ4v) is 2.61. The average Bonchev–Trinajstić information content (AvgIpc) is 2.97. The SMILES string of the molecule is Cc1cc(NC(=O)Cc2csc(C(N)C(C)C)n2)no1. The van der Waals surface area contributed by atoms with Gasteiger partial charge in [-0.1, -0.05) is 19.0 Å². The zero-order valence-electron chi connectivity index (χ0n) is 11.7. The molecule has 1 amide bonds. The summed E-state index contributed by atoms with van der Waals surface area (Å²) in [5.41, 5.74) is 6.75. The summed E-state index contributed by atoms with van der Waals surface area (Å²) in [6.07, 6.45) is 0.202. The number of nitrogens with two attached hydrogens (primary N) is 1. The maximum Gasteiger partial charge on any atom is 0.231 e. The van der Waals surface area contributed by atoms with Crippen molar-refractivity contribution in [2.24, 2.45) is 11.7 Å². The molecule has 0 aromatic carbocycles. The lowest BCUT2D eigenvalue weighted by atomic mass is 10.1. The largest absolute Gasteiger partial charge is 0.360 e. The Morgan fingerprint density at radius 2 is 2.30 bits per heavy atom. The van der Waals surface area contributed by atoms with Gasteiger partial charge >= 0.3 is 0 Å². The number of hydrogen-bond acceptors (Lipinski definition) is 6. The van der Waals surface area contributed by atoms with Crippen LogP contribution in [0.3, 0.4) is 0 Å². The number of aryl methyl sites for hydroxylation is 1. The average molecular weight is 294 g/mol. The van der Waals surface area contributed by atoms with Crippen LogP contribution in [0.25, 0.3) is 0 Å². The number of nitrogens with zero attached hydrogens (tertiary/aromatic N) is 2. The summed E-state index contributed by atoms with van der Waals surface area (Å²) in [7, 11) is 0. The predicted molar refractivity (Wildman–Crippen MR) is 77.5 cm³/mol. The third kappa shape index (κ3) is 3.64. The number of thiazole rings is 1. The smallest absolute Gasteiger partial charge is 0.231 e. The Hall–Kier alpha value is -1.73. The molecule has 2 aromatic heterocycles. The molecule has 108 valence electrons. The summed E-state index contributed by atoms with van der Waals surface area (Å²) >= 11 is 1.49. The molecular weight excluding hydrogens is 276 g/mol. The summed E-state index contributed by atoms with van der Waals surface area (Å²) in [5.74, 6) is 1.22. The first kappa shape index (κ1) is 14.7. The van der Waals surface area contributed by atoms with Crippen molar-refractivity contribution in [2.75, 3.05) is 5.32 Å². The van der Waals surface area contributed by atoms with Gasteiger partial charge in [-0.15, -0.1) is 11.3 Å². The molecule has 0 bridgehead atoms. The van der Waals surface area contributed by atoms with E-state index in [9.17, 15) is 4.79 Å². The fourth-order valence-electron chi connectivity index (χ4n) is 1.62. The van der Waals surface area contributed by atoms with Gasteiger partial charge in [0.05, 0.1) is 18.2 Å². The van der Waals surface area contributed by atoms with Crippen LogP contribution in [0.15, 0.2) is 16.0 Å². The van der Waals surface area contributed by atoms with Crippen molar-refractivity contribution in [2.45, 2.75) is 33.2 Å². The monoisotopic (exact) mass is 294 g/mol. The zero-order chi connectivity index (χ0) is 14.7. The Labute approximate surface area is 121 Å². The third-order valence-corrected chi connectivity index (χ3v) is 3.80. The van der Waals surface area contributed by atoms with Gasteiger partial charge in [0.15, 0.2) is 5.82 Å². The second-order valence-corrected chi connectivity index (χ2v) is 5.88. The van der Waals surface area contributed by atoms with E-state index in [1.165, 1.54) is 11.3 Å². The second kappa shape index (κ2) is 6.15. The number of amides is 1. The molecule has 0 radical (unpaired) electrons. The van der Waals surface area contributed by atoms with Crippen molar-refractivity contribution in [1.29, 1.82) is 0 Å². The molecule has 1 atom stereocenters. The molecule has 20 heavy (non-hydrogen) atoms. The van der Waals surface area contributed by atoms with Crippen LogP contribution in [0.1, 0.15) is 36.4 Å². The van der Waals surface area contributed by atoms with Gasteiger partial charge in [-0.05, 0) is 12.8 Å². The first-order valence-corrected chi connectivity index (χ1v) is 7.26. The summed E-state index contributed by atoms with van der Waals surface area (Å²) in [5, 5.41) is 9.10. The maximum atomic E-state index is 11.8. The number of rotatable bonds is 5. The first-order chi connectivity index (χ1) is 9.45. The predicted octanol–water partition coefficient (Wildman–Crippen LogP) is 2.28. The molecule has 0 spiro atoms. The molecule has 2 aromatic rings. The minimum atomic E-state index is -0.173. The lowest BCUT2D eigenvalue weighted by Crippen LogP contribution is -2.17. The van der Waals surface area contributed by atoms with E-state index in [1.54, 1.807) is 13.0 Å².